The van der Waals surface area contributed by atoms with E-state index < -0.39 is 11.6 Å². The van der Waals surface area contributed by atoms with Crippen LogP contribution in [0.1, 0.15) is 42.5 Å². The molecule has 1 aromatic carbocycles. The SMILES string of the molecule is CC(C)(C)OC(=O)N1CCc2c(oc3cc(C(=O)O)ccc23)C1. The Bertz CT molecular complexity index is 784. The Morgan fingerprint density at radius 1 is 1.30 bits per heavy atom. The summed E-state index contributed by atoms with van der Waals surface area (Å²) in [4.78, 5) is 24.8. The average molecular weight is 317 g/mol. The quantitative estimate of drug-likeness (QED) is 0.871. The van der Waals surface area contributed by atoms with Gasteiger partial charge >= 0.3 is 12.1 Å². The fraction of sp³-hybridized carbons (Fsp3) is 0.412. The van der Waals surface area contributed by atoms with Crippen molar-refractivity contribution in [3.8, 4) is 0 Å². The lowest BCUT2D eigenvalue weighted by Crippen LogP contribution is -2.39. The van der Waals surface area contributed by atoms with Crippen LogP contribution >= 0.6 is 0 Å². The molecule has 23 heavy (non-hydrogen) atoms. The van der Waals surface area contributed by atoms with E-state index in [2.05, 4.69) is 0 Å². The number of carboxylic acids is 1. The van der Waals surface area contributed by atoms with Crippen LogP contribution in [0.15, 0.2) is 22.6 Å². The molecule has 0 radical (unpaired) electrons. The van der Waals surface area contributed by atoms with Gasteiger partial charge in [-0.05, 0) is 45.4 Å². The summed E-state index contributed by atoms with van der Waals surface area (Å²) in [5.74, 6) is -0.295. The summed E-state index contributed by atoms with van der Waals surface area (Å²) in [6, 6.07) is 4.86. The Hall–Kier alpha value is -2.50. The highest BCUT2D eigenvalue weighted by atomic mass is 16.6. The number of benzene rings is 1. The van der Waals surface area contributed by atoms with Crippen LogP contribution in [0.3, 0.4) is 0 Å². The molecule has 2 heterocycles. The lowest BCUT2D eigenvalue weighted by molar-refractivity contribution is 0.0210. The Morgan fingerprint density at radius 2 is 2.04 bits per heavy atom. The highest BCUT2D eigenvalue weighted by molar-refractivity contribution is 5.94. The number of hydrogen-bond acceptors (Lipinski definition) is 4. The van der Waals surface area contributed by atoms with Gasteiger partial charge in [0.05, 0.1) is 12.1 Å². The summed E-state index contributed by atoms with van der Waals surface area (Å²) < 4.78 is 11.2. The minimum Gasteiger partial charge on any atom is -0.478 e. The van der Waals surface area contributed by atoms with Gasteiger partial charge < -0.3 is 19.2 Å². The fourth-order valence-corrected chi connectivity index (χ4v) is 2.72. The second-order valence-electron chi connectivity index (χ2n) is 6.67. The summed E-state index contributed by atoms with van der Waals surface area (Å²) in [7, 11) is 0. The molecule has 0 atom stereocenters. The third-order valence-corrected chi connectivity index (χ3v) is 3.74. The van der Waals surface area contributed by atoms with E-state index >= 15 is 0 Å². The first kappa shape index (κ1) is 15.4. The van der Waals surface area contributed by atoms with Crippen LogP contribution in [-0.4, -0.2) is 34.2 Å². The number of hydrogen-bond donors (Lipinski definition) is 1. The third-order valence-electron chi connectivity index (χ3n) is 3.74. The molecule has 0 fully saturated rings. The Labute approximate surface area is 133 Å². The molecule has 6 nitrogen and oxygen atoms in total. The zero-order valence-electron chi connectivity index (χ0n) is 13.4. The first-order valence-corrected chi connectivity index (χ1v) is 7.50. The van der Waals surface area contributed by atoms with Gasteiger partial charge in [-0.2, -0.15) is 0 Å². The number of ether oxygens (including phenoxy) is 1. The smallest absolute Gasteiger partial charge is 0.410 e. The molecule has 0 unspecified atom stereocenters. The van der Waals surface area contributed by atoms with Crippen molar-refractivity contribution < 1.29 is 23.8 Å². The summed E-state index contributed by atoms with van der Waals surface area (Å²) in [6.45, 7) is 6.37. The molecule has 0 saturated carbocycles. The molecule has 1 N–H and O–H groups in total. The number of amides is 1. The van der Waals surface area contributed by atoms with E-state index in [0.29, 0.717) is 30.9 Å². The topological polar surface area (TPSA) is 80.0 Å². The number of carboxylic acid groups (broad SMARTS) is 1. The summed E-state index contributed by atoms with van der Waals surface area (Å²) >= 11 is 0. The normalized spacial score (nSPS) is 14.7. The van der Waals surface area contributed by atoms with Crippen LogP contribution in [0.4, 0.5) is 4.79 Å². The number of carbonyl (C=O) groups is 2. The van der Waals surface area contributed by atoms with Crippen molar-refractivity contribution in [2.75, 3.05) is 6.54 Å². The summed E-state index contributed by atoms with van der Waals surface area (Å²) in [5, 5.41) is 9.97. The number of rotatable bonds is 1. The zero-order chi connectivity index (χ0) is 16.8. The monoisotopic (exact) mass is 317 g/mol. The maximum atomic E-state index is 12.2. The Balaban J connectivity index is 1.88. The van der Waals surface area contributed by atoms with Crippen LogP contribution in [0.5, 0.6) is 0 Å². The van der Waals surface area contributed by atoms with Crippen molar-refractivity contribution in [1.29, 1.82) is 0 Å². The predicted octanol–water partition coefficient (Wildman–Crippen LogP) is 3.42. The van der Waals surface area contributed by atoms with Crippen LogP contribution in [0.2, 0.25) is 0 Å². The third kappa shape index (κ3) is 3.02. The minimum atomic E-state index is -0.989. The Morgan fingerprint density at radius 3 is 2.70 bits per heavy atom. The van der Waals surface area contributed by atoms with Crippen molar-refractivity contribution in [2.45, 2.75) is 39.3 Å². The first-order valence-electron chi connectivity index (χ1n) is 7.50. The molecule has 0 spiro atoms. The summed E-state index contributed by atoms with van der Waals surface area (Å²) in [6.07, 6.45) is 0.295. The van der Waals surface area contributed by atoms with Crippen molar-refractivity contribution in [1.82, 2.24) is 4.90 Å². The molecule has 0 saturated heterocycles. The maximum absolute atomic E-state index is 12.2. The molecule has 1 amide bonds. The van der Waals surface area contributed by atoms with E-state index in [4.69, 9.17) is 14.3 Å². The molecule has 3 rings (SSSR count). The van der Waals surface area contributed by atoms with E-state index in [1.807, 2.05) is 20.8 Å². The number of fused-ring (bicyclic) bond motifs is 3. The molecule has 0 bridgehead atoms. The first-order chi connectivity index (χ1) is 10.7. The van der Waals surface area contributed by atoms with Gasteiger partial charge in [0.15, 0.2) is 0 Å². The van der Waals surface area contributed by atoms with Gasteiger partial charge in [0, 0.05) is 17.5 Å². The van der Waals surface area contributed by atoms with E-state index in [0.717, 1.165) is 10.9 Å². The van der Waals surface area contributed by atoms with E-state index in [1.165, 1.54) is 6.07 Å². The van der Waals surface area contributed by atoms with Gasteiger partial charge in [-0.3, -0.25) is 0 Å². The van der Waals surface area contributed by atoms with E-state index in [9.17, 15) is 9.59 Å². The summed E-state index contributed by atoms with van der Waals surface area (Å²) in [5.41, 5.74) is 1.23. The number of nitrogens with zero attached hydrogens (tertiary/aromatic N) is 1. The largest absolute Gasteiger partial charge is 0.478 e. The molecule has 0 aliphatic carbocycles. The van der Waals surface area contributed by atoms with Gasteiger partial charge in [0.1, 0.15) is 16.9 Å². The average Bonchev–Trinajstić information content (AvgIpc) is 2.81. The van der Waals surface area contributed by atoms with Crippen molar-refractivity contribution >= 4 is 23.0 Å². The molecule has 122 valence electrons. The van der Waals surface area contributed by atoms with E-state index in [-0.39, 0.29) is 11.7 Å². The van der Waals surface area contributed by atoms with Crippen LogP contribution in [-0.2, 0) is 17.7 Å². The van der Waals surface area contributed by atoms with Crippen molar-refractivity contribution in [3.63, 3.8) is 0 Å². The number of carbonyl (C=O) groups excluding carboxylic acids is 1. The molecular formula is C17H19NO5. The van der Waals surface area contributed by atoms with Gasteiger partial charge in [0.25, 0.3) is 0 Å². The maximum Gasteiger partial charge on any atom is 0.410 e. The highest BCUT2D eigenvalue weighted by Crippen LogP contribution is 2.31. The lowest BCUT2D eigenvalue weighted by atomic mass is 10.0. The van der Waals surface area contributed by atoms with Gasteiger partial charge in [0.2, 0.25) is 0 Å². The number of aromatic carboxylic acids is 1. The molecule has 2 aromatic rings. The molecule has 6 heteroatoms. The molecule has 1 aromatic heterocycles. The number of furan rings is 1. The zero-order valence-corrected chi connectivity index (χ0v) is 13.4. The van der Waals surface area contributed by atoms with Gasteiger partial charge in [-0.15, -0.1) is 0 Å². The Kier molecular flexibility index (Phi) is 3.55. The van der Waals surface area contributed by atoms with Crippen LogP contribution < -0.4 is 0 Å². The van der Waals surface area contributed by atoms with Crippen molar-refractivity contribution in [3.05, 3.63) is 35.1 Å². The van der Waals surface area contributed by atoms with Gasteiger partial charge in [-0.25, -0.2) is 9.59 Å². The predicted molar refractivity (Wildman–Crippen MR) is 83.5 cm³/mol. The minimum absolute atomic E-state index is 0.188. The molecular weight excluding hydrogens is 298 g/mol. The highest BCUT2D eigenvalue weighted by Gasteiger charge is 2.29. The second kappa shape index (κ2) is 5.30. The molecule has 1 aliphatic heterocycles. The molecule has 1 aliphatic rings. The second-order valence-corrected chi connectivity index (χ2v) is 6.67. The standard InChI is InChI=1S/C17H19NO5/c1-17(2,3)23-16(21)18-7-6-12-11-5-4-10(15(19)20)8-13(11)22-14(12)9-18/h4-5,8H,6-7,9H2,1-3H3,(H,19,20). The fourth-order valence-electron chi connectivity index (χ4n) is 2.72. The van der Waals surface area contributed by atoms with Crippen LogP contribution in [0, 0.1) is 0 Å². The van der Waals surface area contributed by atoms with Crippen LogP contribution in [0.25, 0.3) is 11.0 Å². The van der Waals surface area contributed by atoms with Crippen molar-refractivity contribution in [2.24, 2.45) is 0 Å². The van der Waals surface area contributed by atoms with Gasteiger partial charge in [-0.1, -0.05) is 0 Å². The lowest BCUT2D eigenvalue weighted by Gasteiger charge is -2.29. The van der Waals surface area contributed by atoms with E-state index in [1.54, 1.807) is 17.0 Å².